The Hall–Kier alpha value is -2.86. The van der Waals surface area contributed by atoms with Crippen molar-refractivity contribution in [1.29, 1.82) is 0 Å². The smallest absolute Gasteiger partial charge is 0.280 e. The fraction of sp³-hybridized carbons (Fsp3) is 0.182. The molecule has 0 spiro atoms. The molecule has 1 N–H and O–H groups in total. The highest BCUT2D eigenvalue weighted by atomic mass is 79.9. The predicted molar refractivity (Wildman–Crippen MR) is 115 cm³/mol. The van der Waals surface area contributed by atoms with E-state index in [0.29, 0.717) is 12.4 Å². The molecule has 1 amide bonds. The Kier molecular flexibility index (Phi) is 6.66. The Morgan fingerprint density at radius 1 is 1.18 bits per heavy atom. The lowest BCUT2D eigenvalue weighted by molar-refractivity contribution is -0.127. The van der Waals surface area contributed by atoms with Crippen LogP contribution in [0.25, 0.3) is 10.8 Å². The Morgan fingerprint density at radius 3 is 2.79 bits per heavy atom. The van der Waals surface area contributed by atoms with Crippen LogP contribution in [-0.4, -0.2) is 24.8 Å². The number of hydrogen-bond acceptors (Lipinski definition) is 4. The molecule has 0 bridgehead atoms. The fourth-order valence-electron chi connectivity index (χ4n) is 2.68. The van der Waals surface area contributed by atoms with Crippen molar-refractivity contribution in [1.82, 2.24) is 5.43 Å². The molecule has 0 heterocycles. The van der Waals surface area contributed by atoms with Crippen molar-refractivity contribution < 1.29 is 14.3 Å². The van der Waals surface area contributed by atoms with Crippen LogP contribution in [-0.2, 0) is 4.79 Å². The number of nitrogens with zero attached hydrogens (tertiary/aromatic N) is 1. The maximum Gasteiger partial charge on any atom is 0.280 e. The minimum Gasteiger partial charge on any atom is -0.494 e. The Morgan fingerprint density at radius 2 is 1.96 bits per heavy atom. The van der Waals surface area contributed by atoms with Gasteiger partial charge in [0.15, 0.2) is 6.10 Å². The molecule has 6 heteroatoms. The molecule has 144 valence electrons. The maximum atomic E-state index is 12.3. The van der Waals surface area contributed by atoms with Crippen LogP contribution in [0.15, 0.2) is 70.2 Å². The zero-order chi connectivity index (χ0) is 19.9. The Balaban J connectivity index is 1.64. The highest BCUT2D eigenvalue weighted by molar-refractivity contribution is 9.10. The molecule has 3 aromatic rings. The summed E-state index contributed by atoms with van der Waals surface area (Å²) < 4.78 is 12.2. The average Bonchev–Trinajstić information content (AvgIpc) is 2.70. The summed E-state index contributed by atoms with van der Waals surface area (Å²) in [6, 6.07) is 19.2. The minimum atomic E-state index is -0.693. The van der Waals surface area contributed by atoms with Crippen LogP contribution < -0.4 is 14.9 Å². The van der Waals surface area contributed by atoms with Crippen molar-refractivity contribution in [3.63, 3.8) is 0 Å². The third kappa shape index (κ3) is 4.89. The second kappa shape index (κ2) is 9.37. The van der Waals surface area contributed by atoms with Crippen LogP contribution in [0.4, 0.5) is 0 Å². The van der Waals surface area contributed by atoms with Gasteiger partial charge in [0, 0.05) is 15.4 Å². The number of nitrogens with one attached hydrogen (secondary N) is 1. The van der Waals surface area contributed by atoms with E-state index in [1.807, 2.05) is 67.6 Å². The number of fused-ring (bicyclic) bond motifs is 1. The number of halogens is 1. The van der Waals surface area contributed by atoms with Crippen LogP contribution in [0.5, 0.6) is 11.5 Å². The SMILES string of the molecule is CCOc1ccc(Br)c(C=NNC(=O)C(C)Oc2cccc3ccccc23)c1. The quantitative estimate of drug-likeness (QED) is 0.418. The third-order valence-electron chi connectivity index (χ3n) is 4.08. The van der Waals surface area contributed by atoms with E-state index >= 15 is 0 Å². The van der Waals surface area contributed by atoms with E-state index in [2.05, 4.69) is 26.5 Å². The van der Waals surface area contributed by atoms with Gasteiger partial charge in [0.05, 0.1) is 12.8 Å². The van der Waals surface area contributed by atoms with Gasteiger partial charge in [-0.3, -0.25) is 4.79 Å². The van der Waals surface area contributed by atoms with E-state index in [4.69, 9.17) is 9.47 Å². The highest BCUT2D eigenvalue weighted by Crippen LogP contribution is 2.26. The van der Waals surface area contributed by atoms with E-state index < -0.39 is 6.10 Å². The number of rotatable bonds is 7. The first-order chi connectivity index (χ1) is 13.6. The van der Waals surface area contributed by atoms with E-state index in [0.717, 1.165) is 26.6 Å². The van der Waals surface area contributed by atoms with Crippen LogP contribution in [0.3, 0.4) is 0 Å². The molecule has 0 aliphatic heterocycles. The number of amides is 1. The summed E-state index contributed by atoms with van der Waals surface area (Å²) in [7, 11) is 0. The molecule has 0 aliphatic rings. The van der Waals surface area contributed by atoms with Gasteiger partial charge in [-0.15, -0.1) is 0 Å². The van der Waals surface area contributed by atoms with E-state index in [-0.39, 0.29) is 5.91 Å². The van der Waals surface area contributed by atoms with Crippen molar-refractivity contribution >= 4 is 38.8 Å². The van der Waals surface area contributed by atoms with Gasteiger partial charge in [0.2, 0.25) is 0 Å². The normalized spacial score (nSPS) is 12.1. The van der Waals surface area contributed by atoms with Crippen molar-refractivity contribution in [2.45, 2.75) is 20.0 Å². The Labute approximate surface area is 172 Å². The van der Waals surface area contributed by atoms with Gasteiger partial charge in [-0.1, -0.05) is 52.3 Å². The molecule has 3 aromatic carbocycles. The molecule has 0 aliphatic carbocycles. The third-order valence-corrected chi connectivity index (χ3v) is 4.80. The van der Waals surface area contributed by atoms with Gasteiger partial charge in [-0.2, -0.15) is 5.10 Å². The van der Waals surface area contributed by atoms with E-state index in [1.165, 1.54) is 0 Å². The van der Waals surface area contributed by atoms with E-state index in [9.17, 15) is 4.79 Å². The number of ether oxygens (including phenoxy) is 2. The molecule has 3 rings (SSSR count). The molecule has 0 saturated heterocycles. The first kappa shape index (κ1) is 19.9. The maximum absolute atomic E-state index is 12.3. The van der Waals surface area contributed by atoms with Crippen LogP contribution >= 0.6 is 15.9 Å². The molecule has 0 aromatic heterocycles. The molecule has 1 unspecified atom stereocenters. The van der Waals surface area contributed by atoms with Gasteiger partial charge in [-0.05, 0) is 43.5 Å². The summed E-state index contributed by atoms with van der Waals surface area (Å²) in [6.45, 7) is 4.20. The van der Waals surface area contributed by atoms with Crippen molar-refractivity contribution in [3.05, 3.63) is 70.7 Å². The molecule has 0 saturated carbocycles. The second-order valence-electron chi connectivity index (χ2n) is 6.09. The largest absolute Gasteiger partial charge is 0.494 e. The standard InChI is InChI=1S/C22H21BrN2O3/c1-3-27-18-11-12-20(23)17(13-18)14-24-25-22(26)15(2)28-21-10-6-8-16-7-4-5-9-19(16)21/h4-15H,3H2,1-2H3,(H,25,26). The lowest BCUT2D eigenvalue weighted by Gasteiger charge is -2.14. The number of carbonyl (C=O) groups is 1. The predicted octanol–water partition coefficient (Wildman–Crippen LogP) is 4.92. The number of hydrazone groups is 1. The van der Waals surface area contributed by atoms with Gasteiger partial charge < -0.3 is 9.47 Å². The molecule has 0 radical (unpaired) electrons. The number of carbonyl (C=O) groups excluding carboxylic acids is 1. The molecule has 1 atom stereocenters. The van der Waals surface area contributed by atoms with Crippen LogP contribution in [0, 0.1) is 0 Å². The lowest BCUT2D eigenvalue weighted by atomic mass is 10.1. The first-order valence-corrected chi connectivity index (χ1v) is 9.77. The second-order valence-corrected chi connectivity index (χ2v) is 6.94. The molecular formula is C22H21BrN2O3. The van der Waals surface area contributed by atoms with Gasteiger partial charge in [0.25, 0.3) is 5.91 Å². The fourth-order valence-corrected chi connectivity index (χ4v) is 3.02. The highest BCUT2D eigenvalue weighted by Gasteiger charge is 2.15. The van der Waals surface area contributed by atoms with Gasteiger partial charge in [0.1, 0.15) is 11.5 Å². The Bertz CT molecular complexity index is 999. The molecule has 5 nitrogen and oxygen atoms in total. The van der Waals surface area contributed by atoms with Crippen molar-refractivity contribution in [2.24, 2.45) is 5.10 Å². The summed E-state index contributed by atoms with van der Waals surface area (Å²) in [4.78, 5) is 12.3. The van der Waals surface area contributed by atoms with Crippen molar-refractivity contribution in [3.8, 4) is 11.5 Å². The zero-order valence-corrected chi connectivity index (χ0v) is 17.3. The zero-order valence-electron chi connectivity index (χ0n) is 15.7. The average molecular weight is 441 g/mol. The molecule has 0 fully saturated rings. The van der Waals surface area contributed by atoms with Gasteiger partial charge in [-0.25, -0.2) is 5.43 Å². The minimum absolute atomic E-state index is 0.332. The topological polar surface area (TPSA) is 59.9 Å². The van der Waals surface area contributed by atoms with Crippen LogP contribution in [0.2, 0.25) is 0 Å². The molecule has 28 heavy (non-hydrogen) atoms. The first-order valence-electron chi connectivity index (χ1n) is 8.98. The van der Waals surface area contributed by atoms with Crippen molar-refractivity contribution in [2.75, 3.05) is 6.61 Å². The summed E-state index contributed by atoms with van der Waals surface area (Å²) in [5.41, 5.74) is 3.32. The molecular weight excluding hydrogens is 420 g/mol. The summed E-state index contributed by atoms with van der Waals surface area (Å²) >= 11 is 3.46. The summed E-state index contributed by atoms with van der Waals surface area (Å²) in [5.74, 6) is 1.07. The van der Waals surface area contributed by atoms with Gasteiger partial charge >= 0.3 is 0 Å². The number of benzene rings is 3. The van der Waals surface area contributed by atoms with E-state index in [1.54, 1.807) is 13.1 Å². The lowest BCUT2D eigenvalue weighted by Crippen LogP contribution is -2.33. The van der Waals surface area contributed by atoms with Crippen LogP contribution in [0.1, 0.15) is 19.4 Å². The summed E-state index contributed by atoms with van der Waals surface area (Å²) in [6.07, 6.45) is 0.871. The summed E-state index contributed by atoms with van der Waals surface area (Å²) in [5, 5.41) is 6.06. The number of hydrogen-bond donors (Lipinski definition) is 1. The monoisotopic (exact) mass is 440 g/mol.